The molecule has 0 aliphatic heterocycles. The van der Waals surface area contributed by atoms with Crippen LogP contribution in [0, 0.1) is 6.92 Å². The minimum atomic E-state index is 0.0473. The zero-order chi connectivity index (χ0) is 14.3. The van der Waals surface area contributed by atoms with Gasteiger partial charge in [-0.15, -0.1) is 0 Å². The molecule has 3 nitrogen and oxygen atoms in total. The van der Waals surface area contributed by atoms with Gasteiger partial charge in [0.15, 0.2) is 0 Å². The molecule has 19 heavy (non-hydrogen) atoms. The van der Waals surface area contributed by atoms with Crippen LogP contribution in [0.1, 0.15) is 37.8 Å². The van der Waals surface area contributed by atoms with E-state index in [-0.39, 0.29) is 6.10 Å². The summed E-state index contributed by atoms with van der Waals surface area (Å²) in [7, 11) is 1.71. The summed E-state index contributed by atoms with van der Waals surface area (Å²) in [5.74, 6) is 1.48. The summed E-state index contributed by atoms with van der Waals surface area (Å²) in [6, 6.07) is 6.44. The lowest BCUT2D eigenvalue weighted by Crippen LogP contribution is -2.35. The maximum atomic E-state index is 6.09. The third-order valence-corrected chi connectivity index (χ3v) is 3.15. The average molecular weight is 265 g/mol. The lowest BCUT2D eigenvalue weighted by molar-refractivity contribution is 0.0804. The van der Waals surface area contributed by atoms with E-state index in [2.05, 4.69) is 51.2 Å². The Labute approximate surface area is 117 Å². The number of hydrogen-bond acceptors (Lipinski definition) is 3. The van der Waals surface area contributed by atoms with Gasteiger partial charge in [-0.05, 0) is 36.6 Å². The van der Waals surface area contributed by atoms with Crippen molar-refractivity contribution in [3.63, 3.8) is 0 Å². The summed E-state index contributed by atoms with van der Waals surface area (Å²) < 4.78 is 11.3. The number of rotatable bonds is 8. The van der Waals surface area contributed by atoms with Crippen LogP contribution >= 0.6 is 0 Å². The van der Waals surface area contributed by atoms with Crippen molar-refractivity contribution >= 4 is 0 Å². The van der Waals surface area contributed by atoms with Gasteiger partial charge in [0.05, 0.1) is 6.61 Å². The molecule has 0 heterocycles. The molecule has 0 aliphatic rings. The van der Waals surface area contributed by atoms with Crippen molar-refractivity contribution in [3.8, 4) is 5.75 Å². The lowest BCUT2D eigenvalue weighted by atomic mass is 10.0. The highest BCUT2D eigenvalue weighted by molar-refractivity contribution is 5.38. The molecule has 0 aliphatic carbocycles. The van der Waals surface area contributed by atoms with Crippen molar-refractivity contribution in [1.29, 1.82) is 0 Å². The molecule has 0 spiro atoms. The molecule has 1 N–H and O–H groups in total. The molecule has 1 atom stereocenters. The summed E-state index contributed by atoms with van der Waals surface area (Å²) in [5.41, 5.74) is 2.47. The molecule has 0 saturated heterocycles. The van der Waals surface area contributed by atoms with Gasteiger partial charge in [0, 0.05) is 13.7 Å². The Hall–Kier alpha value is -1.06. The lowest BCUT2D eigenvalue weighted by Gasteiger charge is -2.21. The molecule has 0 bridgehead atoms. The maximum Gasteiger partial charge on any atom is 0.134 e. The van der Waals surface area contributed by atoms with Crippen molar-refractivity contribution in [2.24, 2.45) is 0 Å². The van der Waals surface area contributed by atoms with E-state index in [1.54, 1.807) is 7.11 Å². The Kier molecular flexibility index (Phi) is 6.89. The third kappa shape index (κ3) is 5.21. The Balaban J connectivity index is 2.79. The summed E-state index contributed by atoms with van der Waals surface area (Å²) in [6.07, 6.45) is 0.0473. The van der Waals surface area contributed by atoms with Crippen LogP contribution in [-0.2, 0) is 4.74 Å². The Morgan fingerprint density at radius 3 is 2.58 bits per heavy atom. The quantitative estimate of drug-likeness (QED) is 0.783. The molecule has 1 rings (SSSR count). The zero-order valence-corrected chi connectivity index (χ0v) is 12.8. The normalized spacial score (nSPS) is 12.7. The van der Waals surface area contributed by atoms with Gasteiger partial charge in [-0.1, -0.05) is 32.9 Å². The minimum Gasteiger partial charge on any atom is -0.486 e. The van der Waals surface area contributed by atoms with Crippen LogP contribution in [0.25, 0.3) is 0 Å². The van der Waals surface area contributed by atoms with Crippen LogP contribution < -0.4 is 10.1 Å². The highest BCUT2D eigenvalue weighted by Gasteiger charge is 2.12. The third-order valence-electron chi connectivity index (χ3n) is 3.15. The van der Waals surface area contributed by atoms with E-state index in [9.17, 15) is 0 Å². The van der Waals surface area contributed by atoms with Gasteiger partial charge in [0.2, 0.25) is 0 Å². The van der Waals surface area contributed by atoms with E-state index < -0.39 is 0 Å². The maximum absolute atomic E-state index is 6.09. The highest BCUT2D eigenvalue weighted by atomic mass is 16.5. The average Bonchev–Trinajstić information content (AvgIpc) is 2.38. The second-order valence-electron chi connectivity index (χ2n) is 5.18. The van der Waals surface area contributed by atoms with E-state index in [1.807, 2.05) is 0 Å². The van der Waals surface area contributed by atoms with E-state index in [0.717, 1.165) is 18.8 Å². The second-order valence-corrected chi connectivity index (χ2v) is 5.18. The number of aryl methyl sites for hydroxylation is 1. The van der Waals surface area contributed by atoms with Crippen LogP contribution in [-0.4, -0.2) is 32.9 Å². The van der Waals surface area contributed by atoms with Crippen molar-refractivity contribution in [3.05, 3.63) is 29.3 Å². The summed E-state index contributed by atoms with van der Waals surface area (Å²) >= 11 is 0. The Bertz CT molecular complexity index is 377. The Morgan fingerprint density at radius 2 is 2.00 bits per heavy atom. The molecule has 0 fully saturated rings. The van der Waals surface area contributed by atoms with E-state index in [0.29, 0.717) is 12.5 Å². The van der Waals surface area contributed by atoms with Crippen LogP contribution in [0.2, 0.25) is 0 Å². The first-order valence-electron chi connectivity index (χ1n) is 7.05. The van der Waals surface area contributed by atoms with E-state index >= 15 is 0 Å². The number of nitrogens with one attached hydrogen (secondary N) is 1. The molecule has 108 valence electrons. The van der Waals surface area contributed by atoms with Gasteiger partial charge >= 0.3 is 0 Å². The summed E-state index contributed by atoms with van der Waals surface area (Å²) in [5, 5.41) is 3.31. The first-order chi connectivity index (χ1) is 9.08. The van der Waals surface area contributed by atoms with Gasteiger partial charge in [0.25, 0.3) is 0 Å². The standard InChI is InChI=1S/C16H27NO2/c1-6-17-10-15(11-18-5)19-16-9-14(12(2)3)8-7-13(16)4/h7-9,12,15,17H,6,10-11H2,1-5H3. The predicted molar refractivity (Wildman–Crippen MR) is 80.1 cm³/mol. The fraction of sp³-hybridized carbons (Fsp3) is 0.625. The zero-order valence-electron chi connectivity index (χ0n) is 12.8. The Morgan fingerprint density at radius 1 is 1.26 bits per heavy atom. The van der Waals surface area contributed by atoms with Crippen molar-refractivity contribution in [2.45, 2.75) is 39.7 Å². The van der Waals surface area contributed by atoms with Gasteiger partial charge in [-0.3, -0.25) is 0 Å². The number of hydrogen-bond donors (Lipinski definition) is 1. The van der Waals surface area contributed by atoms with E-state index in [1.165, 1.54) is 11.1 Å². The smallest absolute Gasteiger partial charge is 0.134 e. The van der Waals surface area contributed by atoms with Gasteiger partial charge in [0.1, 0.15) is 11.9 Å². The first-order valence-corrected chi connectivity index (χ1v) is 7.05. The van der Waals surface area contributed by atoms with Crippen LogP contribution in [0.3, 0.4) is 0 Å². The topological polar surface area (TPSA) is 30.5 Å². The highest BCUT2D eigenvalue weighted by Crippen LogP contribution is 2.25. The number of likely N-dealkylation sites (N-methyl/N-ethyl adjacent to an activating group) is 1. The first kappa shape index (κ1) is 16.0. The molecule has 1 aromatic rings. The monoisotopic (exact) mass is 265 g/mol. The molecule has 1 unspecified atom stereocenters. The molecule has 1 aromatic carbocycles. The van der Waals surface area contributed by atoms with Crippen molar-refractivity contribution < 1.29 is 9.47 Å². The number of methoxy groups -OCH3 is 1. The molecule has 0 saturated carbocycles. The van der Waals surface area contributed by atoms with Gasteiger partial charge in [-0.25, -0.2) is 0 Å². The van der Waals surface area contributed by atoms with Crippen LogP contribution in [0.15, 0.2) is 18.2 Å². The molecule has 0 aromatic heterocycles. The molecule has 0 radical (unpaired) electrons. The molecule has 3 heteroatoms. The van der Waals surface area contributed by atoms with Crippen LogP contribution in [0.4, 0.5) is 0 Å². The molecular weight excluding hydrogens is 238 g/mol. The second kappa shape index (κ2) is 8.18. The van der Waals surface area contributed by atoms with Crippen molar-refractivity contribution in [2.75, 3.05) is 26.8 Å². The van der Waals surface area contributed by atoms with Crippen molar-refractivity contribution in [1.82, 2.24) is 5.32 Å². The minimum absolute atomic E-state index is 0.0473. The number of benzene rings is 1. The fourth-order valence-electron chi connectivity index (χ4n) is 1.91. The van der Waals surface area contributed by atoms with Gasteiger partial charge < -0.3 is 14.8 Å². The van der Waals surface area contributed by atoms with E-state index in [4.69, 9.17) is 9.47 Å². The molecule has 0 amide bonds. The fourth-order valence-corrected chi connectivity index (χ4v) is 1.91. The SMILES string of the molecule is CCNCC(COC)Oc1cc(C(C)C)ccc1C. The molecular formula is C16H27NO2. The number of ether oxygens (including phenoxy) is 2. The van der Waals surface area contributed by atoms with Gasteiger partial charge in [-0.2, -0.15) is 0 Å². The largest absolute Gasteiger partial charge is 0.486 e. The van der Waals surface area contributed by atoms with Crippen LogP contribution in [0.5, 0.6) is 5.75 Å². The summed E-state index contributed by atoms with van der Waals surface area (Å²) in [6.45, 7) is 10.9. The summed E-state index contributed by atoms with van der Waals surface area (Å²) in [4.78, 5) is 0. The predicted octanol–water partition coefficient (Wildman–Crippen LogP) is 3.12.